The van der Waals surface area contributed by atoms with Gasteiger partial charge in [0.1, 0.15) is 0 Å². The zero-order valence-corrected chi connectivity index (χ0v) is 7.84. The first-order valence-electron chi connectivity index (χ1n) is 4.23. The van der Waals surface area contributed by atoms with E-state index in [4.69, 9.17) is 5.73 Å². The number of rotatable bonds is 5. The van der Waals surface area contributed by atoms with E-state index in [0.717, 1.165) is 6.42 Å². The molecular formula is C9H18N2O. The molecule has 3 N–H and O–H groups in total. The third-order valence-electron chi connectivity index (χ3n) is 1.67. The highest BCUT2D eigenvalue weighted by atomic mass is 16.2. The van der Waals surface area contributed by atoms with Crippen LogP contribution in [0, 0.1) is 5.92 Å². The van der Waals surface area contributed by atoms with Crippen molar-refractivity contribution in [3.63, 3.8) is 0 Å². The maximum absolute atomic E-state index is 11.2. The molecule has 0 aromatic heterocycles. The molecule has 0 bridgehead atoms. The van der Waals surface area contributed by atoms with E-state index in [9.17, 15) is 4.79 Å². The molecule has 12 heavy (non-hydrogen) atoms. The summed E-state index contributed by atoms with van der Waals surface area (Å²) >= 11 is 0. The molecule has 0 aliphatic heterocycles. The Morgan fingerprint density at radius 1 is 1.67 bits per heavy atom. The van der Waals surface area contributed by atoms with Crippen LogP contribution < -0.4 is 11.1 Å². The van der Waals surface area contributed by atoms with Crippen LogP contribution in [0.3, 0.4) is 0 Å². The Bertz CT molecular complexity index is 155. The number of hydrogen-bond donors (Lipinski definition) is 2. The van der Waals surface area contributed by atoms with Crippen LogP contribution in [-0.4, -0.2) is 18.5 Å². The minimum Gasteiger partial charge on any atom is -0.354 e. The van der Waals surface area contributed by atoms with Crippen molar-refractivity contribution in [2.45, 2.75) is 26.3 Å². The van der Waals surface area contributed by atoms with Gasteiger partial charge in [-0.1, -0.05) is 19.9 Å². The molecule has 0 rings (SSSR count). The molecule has 0 spiro atoms. The predicted octanol–water partition coefficient (Wildman–Crippen LogP) is 0.662. The van der Waals surface area contributed by atoms with Crippen LogP contribution in [0.5, 0.6) is 0 Å². The number of carbonyl (C=O) groups is 1. The van der Waals surface area contributed by atoms with E-state index in [2.05, 4.69) is 11.9 Å². The lowest BCUT2D eigenvalue weighted by Crippen LogP contribution is -2.44. The zero-order valence-electron chi connectivity index (χ0n) is 7.84. The van der Waals surface area contributed by atoms with Gasteiger partial charge in [-0.3, -0.25) is 4.79 Å². The number of hydrogen-bond acceptors (Lipinski definition) is 2. The van der Waals surface area contributed by atoms with Gasteiger partial charge in [0.15, 0.2) is 0 Å². The van der Waals surface area contributed by atoms with Gasteiger partial charge >= 0.3 is 0 Å². The molecule has 0 aromatic carbocycles. The van der Waals surface area contributed by atoms with Gasteiger partial charge in [-0.25, -0.2) is 0 Å². The molecule has 1 amide bonds. The smallest absolute Gasteiger partial charge is 0.237 e. The lowest BCUT2D eigenvalue weighted by molar-refractivity contribution is -0.123. The normalized spacial score (nSPS) is 12.7. The lowest BCUT2D eigenvalue weighted by Gasteiger charge is -2.14. The molecular weight excluding hydrogens is 152 g/mol. The van der Waals surface area contributed by atoms with Gasteiger partial charge in [0.25, 0.3) is 0 Å². The lowest BCUT2D eigenvalue weighted by atomic mass is 10.1. The Morgan fingerprint density at radius 2 is 2.25 bits per heavy atom. The molecule has 0 aliphatic rings. The highest BCUT2D eigenvalue weighted by molar-refractivity contribution is 5.81. The molecule has 3 heteroatoms. The fraction of sp³-hybridized carbons (Fsp3) is 0.667. The minimum absolute atomic E-state index is 0.0770. The summed E-state index contributed by atoms with van der Waals surface area (Å²) in [6.45, 7) is 8.04. The van der Waals surface area contributed by atoms with Crippen LogP contribution in [0.15, 0.2) is 12.7 Å². The van der Waals surface area contributed by atoms with Crippen LogP contribution in [0.2, 0.25) is 0 Å². The molecule has 3 nitrogen and oxygen atoms in total. The quantitative estimate of drug-likeness (QED) is 0.470. The number of amides is 1. The topological polar surface area (TPSA) is 55.1 Å². The summed E-state index contributed by atoms with van der Waals surface area (Å²) in [5, 5.41) is 2.73. The van der Waals surface area contributed by atoms with Crippen molar-refractivity contribution in [1.82, 2.24) is 5.32 Å². The van der Waals surface area contributed by atoms with Gasteiger partial charge in [-0.2, -0.15) is 0 Å². The van der Waals surface area contributed by atoms with Crippen molar-refractivity contribution < 1.29 is 4.79 Å². The molecule has 0 saturated carbocycles. The molecule has 70 valence electrons. The number of nitrogens with two attached hydrogens (primary N) is 1. The maximum Gasteiger partial charge on any atom is 0.237 e. The van der Waals surface area contributed by atoms with E-state index in [1.54, 1.807) is 6.08 Å². The summed E-state index contributed by atoms with van der Waals surface area (Å²) in [6.07, 6.45) is 2.55. The third kappa shape index (κ3) is 4.13. The van der Waals surface area contributed by atoms with Crippen molar-refractivity contribution >= 4 is 5.91 Å². The van der Waals surface area contributed by atoms with Crippen molar-refractivity contribution in [1.29, 1.82) is 0 Å². The fourth-order valence-electron chi connectivity index (χ4n) is 0.718. The van der Waals surface area contributed by atoms with Crippen LogP contribution in [-0.2, 0) is 4.79 Å². The standard InChI is InChI=1S/C9H18N2O/c1-4-5-6-11-9(12)8(10)7(2)3/h4,7-8H,1,5-6,10H2,2-3H3,(H,11,12). The van der Waals surface area contributed by atoms with Gasteiger partial charge in [-0.15, -0.1) is 6.58 Å². The molecule has 0 aromatic rings. The average molecular weight is 170 g/mol. The van der Waals surface area contributed by atoms with E-state index in [0.29, 0.717) is 6.54 Å². The van der Waals surface area contributed by atoms with E-state index < -0.39 is 6.04 Å². The Balaban J connectivity index is 3.64. The SMILES string of the molecule is C=CCCNC(=O)C(N)C(C)C. The van der Waals surface area contributed by atoms with Crippen molar-refractivity contribution in [2.24, 2.45) is 11.7 Å². The Kier molecular flexibility index (Phi) is 5.37. The van der Waals surface area contributed by atoms with Gasteiger partial charge in [0.05, 0.1) is 6.04 Å². The van der Waals surface area contributed by atoms with Crippen LogP contribution in [0.25, 0.3) is 0 Å². The second-order valence-electron chi connectivity index (χ2n) is 3.14. The molecule has 1 unspecified atom stereocenters. The molecule has 0 saturated heterocycles. The van der Waals surface area contributed by atoms with Crippen LogP contribution in [0.1, 0.15) is 20.3 Å². The molecule has 0 heterocycles. The van der Waals surface area contributed by atoms with Crippen molar-refractivity contribution in [3.8, 4) is 0 Å². The monoisotopic (exact) mass is 170 g/mol. The van der Waals surface area contributed by atoms with E-state index in [-0.39, 0.29) is 11.8 Å². The molecule has 0 aliphatic carbocycles. The second kappa shape index (κ2) is 5.77. The summed E-state index contributed by atoms with van der Waals surface area (Å²) < 4.78 is 0. The van der Waals surface area contributed by atoms with E-state index >= 15 is 0 Å². The minimum atomic E-state index is -0.394. The van der Waals surface area contributed by atoms with Gasteiger partial charge in [0.2, 0.25) is 5.91 Å². The first-order valence-corrected chi connectivity index (χ1v) is 4.23. The second-order valence-corrected chi connectivity index (χ2v) is 3.14. The van der Waals surface area contributed by atoms with Crippen LogP contribution >= 0.6 is 0 Å². The summed E-state index contributed by atoms with van der Waals surface area (Å²) in [4.78, 5) is 11.2. The van der Waals surface area contributed by atoms with Crippen molar-refractivity contribution in [2.75, 3.05) is 6.54 Å². The molecule has 1 atom stereocenters. The molecule has 0 fully saturated rings. The third-order valence-corrected chi connectivity index (χ3v) is 1.67. The number of nitrogens with one attached hydrogen (secondary N) is 1. The molecule has 0 radical (unpaired) electrons. The maximum atomic E-state index is 11.2. The van der Waals surface area contributed by atoms with Gasteiger partial charge < -0.3 is 11.1 Å². The first kappa shape index (κ1) is 11.2. The van der Waals surface area contributed by atoms with Gasteiger partial charge in [0, 0.05) is 6.54 Å². The van der Waals surface area contributed by atoms with E-state index in [1.165, 1.54) is 0 Å². The largest absolute Gasteiger partial charge is 0.354 e. The predicted molar refractivity (Wildman–Crippen MR) is 50.6 cm³/mol. The first-order chi connectivity index (χ1) is 5.59. The fourth-order valence-corrected chi connectivity index (χ4v) is 0.718. The highest BCUT2D eigenvalue weighted by Crippen LogP contribution is 1.97. The summed E-state index contributed by atoms with van der Waals surface area (Å²) in [7, 11) is 0. The van der Waals surface area contributed by atoms with Crippen LogP contribution in [0.4, 0.5) is 0 Å². The summed E-state index contributed by atoms with van der Waals surface area (Å²) in [5.41, 5.74) is 5.60. The summed E-state index contributed by atoms with van der Waals surface area (Å²) in [5.74, 6) is 0.112. The highest BCUT2D eigenvalue weighted by Gasteiger charge is 2.15. The van der Waals surface area contributed by atoms with Crippen molar-refractivity contribution in [3.05, 3.63) is 12.7 Å². The Labute approximate surface area is 74.0 Å². The van der Waals surface area contributed by atoms with Gasteiger partial charge in [-0.05, 0) is 12.3 Å². The van der Waals surface area contributed by atoms with E-state index in [1.807, 2.05) is 13.8 Å². The zero-order chi connectivity index (χ0) is 9.56. The Hall–Kier alpha value is -0.830. The number of carbonyl (C=O) groups excluding carboxylic acids is 1. The summed E-state index contributed by atoms with van der Waals surface area (Å²) in [6, 6.07) is -0.394. The average Bonchev–Trinajstić information content (AvgIpc) is 2.03. The Morgan fingerprint density at radius 3 is 2.67 bits per heavy atom.